The molecule has 4 fully saturated rings. The smallest absolute Gasteiger partial charge is 0.230 e. The largest absolute Gasteiger partial charge is 0.277 e. The Labute approximate surface area is 201 Å². The molecule has 180 valence electrons. The van der Waals surface area contributed by atoms with Crippen molar-refractivity contribution < 1.29 is 4.79 Å². The zero-order valence-corrected chi connectivity index (χ0v) is 21.8. The molecule has 1 aliphatic heterocycles. The van der Waals surface area contributed by atoms with E-state index in [1.165, 1.54) is 50.7 Å². The molecule has 3 nitrogen and oxygen atoms in total. The molecule has 5 rings (SSSR count). The van der Waals surface area contributed by atoms with E-state index in [1.807, 2.05) is 5.01 Å². The van der Waals surface area contributed by atoms with Crippen LogP contribution >= 0.6 is 11.6 Å². The van der Waals surface area contributed by atoms with E-state index in [4.69, 9.17) is 16.7 Å². The maximum atomic E-state index is 12.2. The van der Waals surface area contributed by atoms with E-state index >= 15 is 0 Å². The summed E-state index contributed by atoms with van der Waals surface area (Å²) in [6.45, 7) is 12.4. The fourth-order valence-electron chi connectivity index (χ4n) is 9.85. The highest BCUT2D eigenvalue weighted by Gasteiger charge is 2.70. The Morgan fingerprint density at radius 2 is 1.88 bits per heavy atom. The second-order valence-corrected chi connectivity index (χ2v) is 13.9. The maximum absolute atomic E-state index is 12.2. The molecular weight excluding hydrogens is 416 g/mol. The number of alkyl halides is 1. The van der Waals surface area contributed by atoms with Crippen LogP contribution < -0.4 is 0 Å². The number of carbonyl (C=O) groups excluding carboxylic acids is 1. The Kier molecular flexibility index (Phi) is 5.79. The lowest BCUT2D eigenvalue weighted by Gasteiger charge is -2.64. The Morgan fingerprint density at radius 1 is 1.09 bits per heavy atom. The lowest BCUT2D eigenvalue weighted by molar-refractivity contribution is -0.146. The standard InChI is InChI=1S/C28H45ClN2O/c1-18(2)7-6-8-19(3)21-9-10-22-25-23(12-13-26(21,22)4)27(5)14-11-20(29)15-28(27)16-24(25)30-31(28)17-32/h17-23,25H,6-16H2,1-5H3/t19-,20+,21-,22+,23+,25+,26-,27-,28+/m1/s1. The van der Waals surface area contributed by atoms with E-state index < -0.39 is 0 Å². The summed E-state index contributed by atoms with van der Waals surface area (Å²) in [6, 6.07) is 0. The van der Waals surface area contributed by atoms with Crippen molar-refractivity contribution in [2.45, 2.75) is 116 Å². The fraction of sp³-hybridized carbons (Fsp3) is 0.929. The molecule has 4 aliphatic carbocycles. The minimum atomic E-state index is -0.161. The van der Waals surface area contributed by atoms with Crippen LogP contribution in [0.25, 0.3) is 0 Å². The van der Waals surface area contributed by atoms with Crippen LogP contribution in [0, 0.1) is 46.3 Å². The number of rotatable bonds is 6. The van der Waals surface area contributed by atoms with Gasteiger partial charge in [0.2, 0.25) is 6.41 Å². The summed E-state index contributed by atoms with van der Waals surface area (Å²) in [5, 5.41) is 7.09. The molecule has 1 spiro atoms. The molecule has 0 aromatic rings. The number of carbonyl (C=O) groups is 1. The van der Waals surface area contributed by atoms with E-state index in [0.717, 1.165) is 55.8 Å². The second-order valence-electron chi connectivity index (χ2n) is 13.3. The van der Waals surface area contributed by atoms with Crippen molar-refractivity contribution in [3.8, 4) is 0 Å². The van der Waals surface area contributed by atoms with E-state index in [2.05, 4.69) is 34.6 Å². The van der Waals surface area contributed by atoms with Crippen molar-refractivity contribution in [1.29, 1.82) is 0 Å². The number of hydrogen-bond acceptors (Lipinski definition) is 2. The molecule has 32 heavy (non-hydrogen) atoms. The van der Waals surface area contributed by atoms with Crippen LogP contribution in [0.15, 0.2) is 5.10 Å². The molecule has 0 saturated heterocycles. The zero-order valence-electron chi connectivity index (χ0n) is 21.1. The first-order valence-electron chi connectivity index (χ1n) is 13.6. The van der Waals surface area contributed by atoms with Gasteiger partial charge in [-0.3, -0.25) is 4.79 Å². The molecule has 4 heteroatoms. The molecule has 0 N–H and O–H groups in total. The van der Waals surface area contributed by atoms with Gasteiger partial charge < -0.3 is 0 Å². The highest BCUT2D eigenvalue weighted by atomic mass is 35.5. The first-order valence-corrected chi connectivity index (χ1v) is 14.1. The van der Waals surface area contributed by atoms with E-state index in [-0.39, 0.29) is 16.3 Å². The summed E-state index contributed by atoms with van der Waals surface area (Å²) in [5.74, 6) is 4.48. The van der Waals surface area contributed by atoms with Gasteiger partial charge in [-0.15, -0.1) is 11.6 Å². The van der Waals surface area contributed by atoms with Crippen LogP contribution in [0.1, 0.15) is 105 Å². The maximum Gasteiger partial charge on any atom is 0.230 e. The number of fused-ring (bicyclic) bond motifs is 6. The summed E-state index contributed by atoms with van der Waals surface area (Å²) in [5.41, 5.74) is 1.78. The Hall–Kier alpha value is -0.570. The Morgan fingerprint density at radius 3 is 2.59 bits per heavy atom. The summed E-state index contributed by atoms with van der Waals surface area (Å²) in [6.07, 6.45) is 14.7. The van der Waals surface area contributed by atoms with Crippen molar-refractivity contribution in [1.82, 2.24) is 5.01 Å². The van der Waals surface area contributed by atoms with Gasteiger partial charge >= 0.3 is 0 Å². The van der Waals surface area contributed by atoms with Crippen LogP contribution in [0.4, 0.5) is 0 Å². The quantitative estimate of drug-likeness (QED) is 0.303. The van der Waals surface area contributed by atoms with E-state index in [1.54, 1.807) is 0 Å². The average molecular weight is 461 g/mol. The first-order chi connectivity index (χ1) is 15.2. The average Bonchev–Trinajstić information content (AvgIpc) is 3.26. The van der Waals surface area contributed by atoms with Gasteiger partial charge in [-0.05, 0) is 85.4 Å². The van der Waals surface area contributed by atoms with Gasteiger partial charge in [0.15, 0.2) is 0 Å². The monoisotopic (exact) mass is 460 g/mol. The van der Waals surface area contributed by atoms with Gasteiger partial charge in [0.05, 0.1) is 5.54 Å². The van der Waals surface area contributed by atoms with Gasteiger partial charge in [0.1, 0.15) is 0 Å². The number of hydrogen-bond donors (Lipinski definition) is 0. The van der Waals surface area contributed by atoms with Gasteiger partial charge in [-0.25, -0.2) is 5.01 Å². The highest BCUT2D eigenvalue weighted by Crippen LogP contribution is 2.71. The predicted octanol–water partition coefficient (Wildman–Crippen LogP) is 7.28. The van der Waals surface area contributed by atoms with Gasteiger partial charge in [0, 0.05) is 23.4 Å². The normalized spacial score (nSPS) is 48.2. The van der Waals surface area contributed by atoms with Crippen molar-refractivity contribution in [2.75, 3.05) is 0 Å². The molecule has 0 radical (unpaired) electrons. The van der Waals surface area contributed by atoms with Crippen LogP contribution in [0.2, 0.25) is 0 Å². The van der Waals surface area contributed by atoms with Crippen molar-refractivity contribution in [3.05, 3.63) is 0 Å². The van der Waals surface area contributed by atoms with Gasteiger partial charge in [0.25, 0.3) is 0 Å². The third-order valence-electron chi connectivity index (χ3n) is 11.5. The molecule has 4 saturated carbocycles. The number of amides is 1. The van der Waals surface area contributed by atoms with E-state index in [0.29, 0.717) is 17.3 Å². The summed E-state index contributed by atoms with van der Waals surface area (Å²) in [4.78, 5) is 12.2. The lowest BCUT2D eigenvalue weighted by Crippen LogP contribution is -2.66. The Bertz CT molecular complexity index is 781. The molecule has 1 heterocycles. The van der Waals surface area contributed by atoms with Crippen molar-refractivity contribution >= 4 is 23.7 Å². The molecule has 0 aromatic heterocycles. The lowest BCUT2D eigenvalue weighted by atomic mass is 9.42. The van der Waals surface area contributed by atoms with Crippen LogP contribution in [-0.2, 0) is 4.79 Å². The summed E-state index contributed by atoms with van der Waals surface area (Å²) in [7, 11) is 0. The zero-order chi connectivity index (χ0) is 22.9. The molecule has 5 aliphatic rings. The highest BCUT2D eigenvalue weighted by molar-refractivity contribution is 6.20. The van der Waals surface area contributed by atoms with Crippen LogP contribution in [0.5, 0.6) is 0 Å². The second kappa shape index (κ2) is 7.99. The minimum absolute atomic E-state index is 0.149. The summed E-state index contributed by atoms with van der Waals surface area (Å²) >= 11 is 6.72. The minimum Gasteiger partial charge on any atom is -0.277 e. The SMILES string of the molecule is CC(C)CCC[C@@H](C)[C@H]1CC[C@H]2[C@@H]3C4=NN(C=O)[C@]5(C4)C[C@@H](Cl)CC[C@]5(C)[C@H]3CC[C@]12C. The molecule has 9 atom stereocenters. The van der Waals surface area contributed by atoms with Gasteiger partial charge in [-0.2, -0.15) is 5.10 Å². The number of halogens is 1. The van der Waals surface area contributed by atoms with Gasteiger partial charge in [-0.1, -0.05) is 53.9 Å². The number of nitrogens with zero attached hydrogens (tertiary/aromatic N) is 2. The molecule has 2 bridgehead atoms. The first kappa shape index (κ1) is 23.2. The number of hydrazone groups is 1. The molecule has 0 unspecified atom stereocenters. The topological polar surface area (TPSA) is 32.7 Å². The van der Waals surface area contributed by atoms with Crippen molar-refractivity contribution in [2.24, 2.45) is 51.4 Å². The van der Waals surface area contributed by atoms with Crippen molar-refractivity contribution in [3.63, 3.8) is 0 Å². The molecular formula is C28H45ClN2O. The predicted molar refractivity (Wildman–Crippen MR) is 133 cm³/mol. The fourth-order valence-corrected chi connectivity index (χ4v) is 10.2. The Balaban J connectivity index is 1.43. The third-order valence-corrected chi connectivity index (χ3v) is 11.9. The van der Waals surface area contributed by atoms with Crippen LogP contribution in [-0.4, -0.2) is 28.0 Å². The van der Waals surface area contributed by atoms with Crippen LogP contribution in [0.3, 0.4) is 0 Å². The third kappa shape index (κ3) is 3.11. The molecule has 0 aromatic carbocycles. The molecule has 1 amide bonds. The van der Waals surface area contributed by atoms with E-state index in [9.17, 15) is 4.79 Å². The summed E-state index contributed by atoms with van der Waals surface area (Å²) < 4.78 is 0.